The average molecular weight is 369 g/mol. The first-order valence-electron chi connectivity index (χ1n) is 9.45. The van der Waals surface area contributed by atoms with E-state index in [4.69, 9.17) is 9.72 Å². The highest BCUT2D eigenvalue weighted by Gasteiger charge is 2.32. The van der Waals surface area contributed by atoms with Crippen LogP contribution in [0.1, 0.15) is 32.7 Å². The van der Waals surface area contributed by atoms with Crippen LogP contribution in [0, 0.1) is 5.92 Å². The number of hydrogen-bond donors (Lipinski definition) is 2. The van der Waals surface area contributed by atoms with Crippen LogP contribution in [0.5, 0.6) is 0 Å². The topological polar surface area (TPSA) is 83.9 Å². The van der Waals surface area contributed by atoms with Crippen molar-refractivity contribution in [2.45, 2.75) is 38.8 Å². The van der Waals surface area contributed by atoms with E-state index in [9.17, 15) is 0 Å². The summed E-state index contributed by atoms with van der Waals surface area (Å²) in [5.74, 6) is 2.27. The van der Waals surface area contributed by atoms with Gasteiger partial charge in [0, 0.05) is 32.6 Å². The third-order valence-corrected chi connectivity index (χ3v) is 5.36. The van der Waals surface area contributed by atoms with Crippen LogP contribution in [0.2, 0.25) is 0 Å². The van der Waals surface area contributed by atoms with E-state index in [1.54, 1.807) is 13.3 Å². The molecule has 3 heterocycles. The normalized spacial score (nSPS) is 16.4. The summed E-state index contributed by atoms with van der Waals surface area (Å²) >= 11 is 0. The Balaban J connectivity index is 1.60. The Morgan fingerprint density at radius 2 is 2.19 bits per heavy atom. The highest BCUT2D eigenvalue weighted by Crippen LogP contribution is 2.37. The van der Waals surface area contributed by atoms with Gasteiger partial charge >= 0.3 is 0 Å². The van der Waals surface area contributed by atoms with E-state index in [2.05, 4.69) is 46.2 Å². The van der Waals surface area contributed by atoms with Crippen LogP contribution in [0.25, 0.3) is 11.0 Å². The lowest BCUT2D eigenvalue weighted by molar-refractivity contribution is 0.157. The fraction of sp³-hybridized carbons (Fsp3) is 0.526. The minimum absolute atomic E-state index is 0.165. The number of fused-ring (bicyclic) bond motifs is 1. The molecule has 0 amide bonds. The standard InChI is InChI=1S/C19H27N7O/c1-12(11-27-4)26-10-15(9-21-26)22-19-23-17-16(7-8-20-17)18(24-19)25(3)13(2)14-5-6-14/h7-10,12-14H,5-6,11H2,1-4H3,(H2,20,22,23,24). The van der Waals surface area contributed by atoms with E-state index in [-0.39, 0.29) is 6.04 Å². The molecule has 0 aliphatic heterocycles. The van der Waals surface area contributed by atoms with Gasteiger partial charge in [0.25, 0.3) is 0 Å². The molecule has 1 aliphatic carbocycles. The molecule has 8 nitrogen and oxygen atoms in total. The summed E-state index contributed by atoms with van der Waals surface area (Å²) in [5.41, 5.74) is 1.69. The van der Waals surface area contributed by atoms with Gasteiger partial charge in [0.2, 0.25) is 5.95 Å². The Morgan fingerprint density at radius 3 is 2.93 bits per heavy atom. The molecule has 4 rings (SSSR count). The van der Waals surface area contributed by atoms with Crippen LogP contribution in [-0.4, -0.2) is 51.5 Å². The number of H-pyrrole nitrogens is 1. The quantitative estimate of drug-likeness (QED) is 0.634. The summed E-state index contributed by atoms with van der Waals surface area (Å²) in [4.78, 5) is 14.9. The Bertz CT molecular complexity index is 914. The molecule has 8 heteroatoms. The lowest BCUT2D eigenvalue weighted by Crippen LogP contribution is -2.31. The molecule has 2 unspecified atom stereocenters. The van der Waals surface area contributed by atoms with Crippen molar-refractivity contribution in [2.75, 3.05) is 31.0 Å². The van der Waals surface area contributed by atoms with Gasteiger partial charge in [-0.25, -0.2) is 0 Å². The summed E-state index contributed by atoms with van der Waals surface area (Å²) in [6, 6.07) is 2.66. The number of methoxy groups -OCH3 is 1. The summed E-state index contributed by atoms with van der Waals surface area (Å²) in [6.07, 6.45) is 8.24. The molecule has 2 atom stereocenters. The number of ether oxygens (including phenoxy) is 1. The van der Waals surface area contributed by atoms with Gasteiger partial charge in [-0.05, 0) is 38.7 Å². The molecule has 0 bridgehead atoms. The molecule has 0 radical (unpaired) electrons. The number of nitrogens with zero attached hydrogens (tertiary/aromatic N) is 5. The smallest absolute Gasteiger partial charge is 0.231 e. The summed E-state index contributed by atoms with van der Waals surface area (Å²) in [7, 11) is 3.81. The van der Waals surface area contributed by atoms with Gasteiger partial charge in [0.15, 0.2) is 0 Å². The van der Waals surface area contributed by atoms with Gasteiger partial charge in [-0.3, -0.25) is 4.68 Å². The van der Waals surface area contributed by atoms with Gasteiger partial charge in [-0.1, -0.05) is 0 Å². The van der Waals surface area contributed by atoms with Crippen molar-refractivity contribution in [3.05, 3.63) is 24.7 Å². The van der Waals surface area contributed by atoms with E-state index in [1.807, 2.05) is 23.1 Å². The zero-order chi connectivity index (χ0) is 19.0. The Labute approximate surface area is 158 Å². The van der Waals surface area contributed by atoms with Crippen molar-refractivity contribution in [1.82, 2.24) is 24.7 Å². The molecule has 3 aromatic heterocycles. The maximum Gasteiger partial charge on any atom is 0.231 e. The fourth-order valence-electron chi connectivity index (χ4n) is 3.43. The molecular formula is C19H27N7O. The fourth-order valence-corrected chi connectivity index (χ4v) is 3.43. The third kappa shape index (κ3) is 3.62. The Hall–Kier alpha value is -2.61. The highest BCUT2D eigenvalue weighted by atomic mass is 16.5. The Morgan fingerprint density at radius 1 is 1.37 bits per heavy atom. The third-order valence-electron chi connectivity index (χ3n) is 5.36. The largest absolute Gasteiger partial charge is 0.382 e. The molecule has 2 N–H and O–H groups in total. The summed E-state index contributed by atoms with van der Waals surface area (Å²) < 4.78 is 7.07. The van der Waals surface area contributed by atoms with Crippen LogP contribution in [0.3, 0.4) is 0 Å². The van der Waals surface area contributed by atoms with E-state index in [1.165, 1.54) is 12.8 Å². The second-order valence-electron chi connectivity index (χ2n) is 7.44. The van der Waals surface area contributed by atoms with Crippen LogP contribution in [-0.2, 0) is 4.74 Å². The second kappa shape index (κ2) is 7.19. The number of hydrogen-bond acceptors (Lipinski definition) is 6. The van der Waals surface area contributed by atoms with Gasteiger partial charge in [0.05, 0.1) is 29.9 Å². The molecule has 0 aromatic carbocycles. The van der Waals surface area contributed by atoms with E-state index in [0.29, 0.717) is 18.6 Å². The minimum atomic E-state index is 0.165. The van der Waals surface area contributed by atoms with Crippen molar-refractivity contribution in [3.63, 3.8) is 0 Å². The first-order chi connectivity index (χ1) is 13.1. The molecule has 0 saturated heterocycles. The SMILES string of the molecule is COCC(C)n1cc(Nc2nc(N(C)C(C)C3CC3)c3cc[nH]c3n2)cn1. The number of aromatic nitrogens is 5. The van der Waals surface area contributed by atoms with Crippen LogP contribution < -0.4 is 10.2 Å². The van der Waals surface area contributed by atoms with Crippen molar-refractivity contribution in [3.8, 4) is 0 Å². The number of rotatable bonds is 8. The lowest BCUT2D eigenvalue weighted by Gasteiger charge is -2.26. The number of aromatic amines is 1. The van der Waals surface area contributed by atoms with Crippen LogP contribution in [0.15, 0.2) is 24.7 Å². The molecule has 1 saturated carbocycles. The number of nitrogens with one attached hydrogen (secondary N) is 2. The van der Waals surface area contributed by atoms with Crippen LogP contribution >= 0.6 is 0 Å². The predicted octanol–water partition coefficient (Wildman–Crippen LogP) is 3.34. The predicted molar refractivity (Wildman–Crippen MR) is 107 cm³/mol. The van der Waals surface area contributed by atoms with E-state index < -0.39 is 0 Å². The van der Waals surface area contributed by atoms with E-state index in [0.717, 1.165) is 28.5 Å². The molecular weight excluding hydrogens is 342 g/mol. The lowest BCUT2D eigenvalue weighted by atomic mass is 10.2. The Kier molecular flexibility index (Phi) is 4.73. The summed E-state index contributed by atoms with van der Waals surface area (Å²) in [6.45, 7) is 4.95. The number of anilines is 3. The maximum atomic E-state index is 5.20. The van der Waals surface area contributed by atoms with Crippen molar-refractivity contribution < 1.29 is 4.74 Å². The minimum Gasteiger partial charge on any atom is -0.382 e. The first-order valence-corrected chi connectivity index (χ1v) is 9.45. The molecule has 0 spiro atoms. The molecule has 27 heavy (non-hydrogen) atoms. The maximum absolute atomic E-state index is 5.20. The van der Waals surface area contributed by atoms with Gasteiger partial charge < -0.3 is 19.9 Å². The van der Waals surface area contributed by atoms with Crippen molar-refractivity contribution in [1.29, 1.82) is 0 Å². The van der Waals surface area contributed by atoms with Gasteiger partial charge in [-0.15, -0.1) is 0 Å². The molecule has 1 fully saturated rings. The monoisotopic (exact) mass is 369 g/mol. The highest BCUT2D eigenvalue weighted by molar-refractivity contribution is 5.89. The second-order valence-corrected chi connectivity index (χ2v) is 7.44. The van der Waals surface area contributed by atoms with Gasteiger partial charge in [0.1, 0.15) is 11.5 Å². The van der Waals surface area contributed by atoms with Crippen LogP contribution in [0.4, 0.5) is 17.5 Å². The van der Waals surface area contributed by atoms with Crippen molar-refractivity contribution >= 4 is 28.5 Å². The van der Waals surface area contributed by atoms with E-state index >= 15 is 0 Å². The van der Waals surface area contributed by atoms with Crippen molar-refractivity contribution in [2.24, 2.45) is 5.92 Å². The summed E-state index contributed by atoms with van der Waals surface area (Å²) in [5, 5.41) is 8.73. The zero-order valence-corrected chi connectivity index (χ0v) is 16.3. The zero-order valence-electron chi connectivity index (χ0n) is 16.3. The van der Waals surface area contributed by atoms with Gasteiger partial charge in [-0.2, -0.15) is 15.1 Å². The first kappa shape index (κ1) is 17.8. The molecule has 1 aliphatic rings. The molecule has 3 aromatic rings. The molecule has 144 valence electrons. The average Bonchev–Trinajstić information content (AvgIpc) is 3.22.